The number of quaternary nitrogens is 1. The van der Waals surface area contributed by atoms with Crippen LogP contribution in [0.4, 0.5) is 0 Å². The van der Waals surface area contributed by atoms with Crippen molar-refractivity contribution >= 4 is 13.8 Å². The third-order valence-electron chi connectivity index (χ3n) is 9.87. The van der Waals surface area contributed by atoms with Gasteiger partial charge < -0.3 is 27.9 Å². The zero-order chi connectivity index (χ0) is 45.5. The highest BCUT2D eigenvalue weighted by molar-refractivity contribution is 7.45. The number of hydrogen-bond donors (Lipinski definition) is 0. The van der Waals surface area contributed by atoms with E-state index in [4.69, 9.17) is 18.5 Å². The number of rotatable bonds is 44. The van der Waals surface area contributed by atoms with Crippen LogP contribution in [0.15, 0.2) is 97.2 Å². The van der Waals surface area contributed by atoms with E-state index in [1.54, 1.807) is 0 Å². The first-order valence-electron chi connectivity index (χ1n) is 24.5. The number of phosphoric ester groups is 1. The lowest BCUT2D eigenvalue weighted by molar-refractivity contribution is -0.870. The number of nitrogens with zero attached hydrogens (tertiary/aromatic N) is 1. The molecule has 0 amide bonds. The van der Waals surface area contributed by atoms with Crippen LogP contribution < -0.4 is 4.89 Å². The zero-order valence-corrected chi connectivity index (χ0v) is 41.2. The molecule has 0 rings (SSSR count). The quantitative estimate of drug-likeness (QED) is 0.0198. The van der Waals surface area contributed by atoms with Crippen molar-refractivity contribution in [2.24, 2.45) is 0 Å². The molecule has 0 aromatic rings. The summed E-state index contributed by atoms with van der Waals surface area (Å²) in [6.07, 6.45) is 61.4. The third-order valence-corrected chi connectivity index (χ3v) is 10.8. The Bertz CT molecular complexity index is 1310. The summed E-state index contributed by atoms with van der Waals surface area (Å²) in [5.41, 5.74) is 0. The van der Waals surface area contributed by atoms with E-state index >= 15 is 0 Å². The van der Waals surface area contributed by atoms with E-state index in [0.717, 1.165) is 109 Å². The molecule has 0 aromatic heterocycles. The van der Waals surface area contributed by atoms with Crippen LogP contribution in [0.3, 0.4) is 0 Å². The smallest absolute Gasteiger partial charge is 0.306 e. The fraction of sp³-hybridized carbons (Fsp3) is 0.679. The molecule has 0 spiro atoms. The first-order valence-corrected chi connectivity index (χ1v) is 25.9. The van der Waals surface area contributed by atoms with Gasteiger partial charge in [0.15, 0.2) is 0 Å². The highest BCUT2D eigenvalue weighted by Gasteiger charge is 2.20. The molecule has 0 aliphatic heterocycles. The van der Waals surface area contributed by atoms with Gasteiger partial charge in [-0.1, -0.05) is 169 Å². The number of likely N-dealkylation sites (N-methyl/N-ethyl adjacent to an activating group) is 1. The standard InChI is InChI=1S/C53H92NO7P/c1-6-8-10-12-14-16-18-20-22-23-24-25-26-27-28-29-30-31-32-33-35-37-39-41-43-45-48-58-50-52(51-60-62(56,57)59-49-47-54(3,4)5)61-53(55)46-44-42-40-38-36-34-21-19-17-15-13-11-9-7-2/h8,10,14,16,19-22,24-25,27-28,30-31,33,35,52H,6-7,9,11-13,15,17-18,23,26,29,32,34,36-51H2,1-5H3/b10-8-,16-14-,21-19-,22-20-,25-24-,28-27-,31-30-,35-33-. The van der Waals surface area contributed by atoms with Crippen molar-refractivity contribution < 1.29 is 37.3 Å². The summed E-state index contributed by atoms with van der Waals surface area (Å²) in [7, 11) is 1.32. The molecule has 62 heavy (non-hydrogen) atoms. The van der Waals surface area contributed by atoms with E-state index in [1.807, 2.05) is 21.1 Å². The van der Waals surface area contributed by atoms with Crippen LogP contribution in [-0.2, 0) is 27.9 Å². The van der Waals surface area contributed by atoms with E-state index in [2.05, 4.69) is 111 Å². The Morgan fingerprint density at radius 2 is 0.935 bits per heavy atom. The molecule has 0 saturated heterocycles. The first kappa shape index (κ1) is 59.4. The van der Waals surface area contributed by atoms with Gasteiger partial charge >= 0.3 is 5.97 Å². The van der Waals surface area contributed by atoms with Gasteiger partial charge in [-0.05, 0) is 96.3 Å². The van der Waals surface area contributed by atoms with E-state index in [0.29, 0.717) is 24.1 Å². The molecule has 0 N–H and O–H groups in total. The maximum absolute atomic E-state index is 12.7. The minimum Gasteiger partial charge on any atom is -0.756 e. The maximum atomic E-state index is 12.7. The van der Waals surface area contributed by atoms with Gasteiger partial charge in [0.2, 0.25) is 0 Å². The van der Waals surface area contributed by atoms with Gasteiger partial charge in [0.1, 0.15) is 19.3 Å². The predicted octanol–water partition coefficient (Wildman–Crippen LogP) is 14.4. The number of carbonyl (C=O) groups is 1. The minimum atomic E-state index is -4.54. The monoisotopic (exact) mass is 886 g/mol. The molecular formula is C53H92NO7P. The summed E-state index contributed by atoms with van der Waals surface area (Å²) in [4.78, 5) is 25.1. The molecular weight excluding hydrogens is 794 g/mol. The number of unbranched alkanes of at least 4 members (excludes halogenated alkanes) is 14. The maximum Gasteiger partial charge on any atom is 0.306 e. The summed E-state index contributed by atoms with van der Waals surface area (Å²) in [5, 5.41) is 0. The number of allylic oxidation sites excluding steroid dienone is 16. The van der Waals surface area contributed by atoms with Crippen molar-refractivity contribution in [2.75, 3.05) is 54.1 Å². The van der Waals surface area contributed by atoms with Gasteiger partial charge in [0.25, 0.3) is 7.82 Å². The summed E-state index contributed by atoms with van der Waals surface area (Å²) in [6, 6.07) is 0. The lowest BCUT2D eigenvalue weighted by Crippen LogP contribution is -2.37. The molecule has 0 aliphatic carbocycles. The molecule has 0 radical (unpaired) electrons. The zero-order valence-electron chi connectivity index (χ0n) is 40.3. The second-order valence-electron chi connectivity index (χ2n) is 17.1. The number of carbonyl (C=O) groups excluding carboxylic acids is 1. The van der Waals surface area contributed by atoms with Crippen LogP contribution in [0.25, 0.3) is 0 Å². The summed E-state index contributed by atoms with van der Waals surface area (Å²) < 4.78 is 34.6. The number of hydrogen-bond acceptors (Lipinski definition) is 7. The Morgan fingerprint density at radius 3 is 1.42 bits per heavy atom. The lowest BCUT2D eigenvalue weighted by atomic mass is 10.1. The third kappa shape index (κ3) is 48.5. The van der Waals surface area contributed by atoms with Gasteiger partial charge in [0.05, 0.1) is 34.4 Å². The Morgan fingerprint density at radius 1 is 0.516 bits per heavy atom. The van der Waals surface area contributed by atoms with E-state index in [9.17, 15) is 14.3 Å². The molecule has 9 heteroatoms. The van der Waals surface area contributed by atoms with Crippen LogP contribution in [0.5, 0.6) is 0 Å². The average molecular weight is 886 g/mol. The van der Waals surface area contributed by atoms with Gasteiger partial charge in [-0.3, -0.25) is 9.36 Å². The van der Waals surface area contributed by atoms with Crippen LogP contribution in [-0.4, -0.2) is 70.7 Å². The van der Waals surface area contributed by atoms with Crippen molar-refractivity contribution in [3.63, 3.8) is 0 Å². The average Bonchev–Trinajstić information content (AvgIpc) is 3.23. The Hall–Kier alpha value is -2.58. The Kier molecular flexibility index (Phi) is 43.1. The Balaban J connectivity index is 4.25. The lowest BCUT2D eigenvalue weighted by Gasteiger charge is -2.28. The largest absolute Gasteiger partial charge is 0.756 e. The molecule has 2 unspecified atom stereocenters. The minimum absolute atomic E-state index is 0.0138. The van der Waals surface area contributed by atoms with Gasteiger partial charge in [0, 0.05) is 13.0 Å². The Labute approximate surface area is 381 Å². The summed E-state index contributed by atoms with van der Waals surface area (Å²) in [6.45, 7) is 5.19. The second-order valence-corrected chi connectivity index (χ2v) is 18.5. The molecule has 0 saturated carbocycles. The van der Waals surface area contributed by atoms with Crippen LogP contribution >= 0.6 is 7.82 Å². The molecule has 8 nitrogen and oxygen atoms in total. The predicted molar refractivity (Wildman–Crippen MR) is 263 cm³/mol. The molecule has 0 heterocycles. The van der Waals surface area contributed by atoms with Gasteiger partial charge in [-0.15, -0.1) is 0 Å². The SMILES string of the molecule is CC/C=C\C/C=C\C/C=C\C/C=C\C/C=C\C/C=C\C/C=C\CCCCCCOCC(COP(=O)([O-])OCC[N+](C)(C)C)OC(=O)CCCCCCC/C=C\CCCCCCC. The summed E-state index contributed by atoms with van der Waals surface area (Å²) in [5.74, 6) is -0.357. The highest BCUT2D eigenvalue weighted by Crippen LogP contribution is 2.38. The molecule has 0 fully saturated rings. The second kappa shape index (κ2) is 45.0. The normalized spacial score (nSPS) is 14.5. The molecule has 0 aromatic carbocycles. The van der Waals surface area contributed by atoms with Crippen molar-refractivity contribution in [1.29, 1.82) is 0 Å². The first-order chi connectivity index (χ1) is 30.1. The molecule has 0 aliphatic rings. The number of ether oxygens (including phenoxy) is 2. The fourth-order valence-corrected chi connectivity index (χ4v) is 6.84. The van der Waals surface area contributed by atoms with Crippen molar-refractivity contribution in [3.8, 4) is 0 Å². The van der Waals surface area contributed by atoms with Crippen LogP contribution in [0, 0.1) is 0 Å². The van der Waals surface area contributed by atoms with Crippen molar-refractivity contribution in [1.82, 2.24) is 0 Å². The van der Waals surface area contributed by atoms with E-state index < -0.39 is 13.9 Å². The fourth-order valence-electron chi connectivity index (χ4n) is 6.11. The summed E-state index contributed by atoms with van der Waals surface area (Å²) >= 11 is 0. The van der Waals surface area contributed by atoms with Crippen molar-refractivity contribution in [2.45, 2.75) is 180 Å². The molecule has 0 bridgehead atoms. The highest BCUT2D eigenvalue weighted by atomic mass is 31.2. The molecule has 356 valence electrons. The van der Waals surface area contributed by atoms with Crippen LogP contribution in [0.2, 0.25) is 0 Å². The van der Waals surface area contributed by atoms with Crippen molar-refractivity contribution in [3.05, 3.63) is 97.2 Å². The van der Waals surface area contributed by atoms with Gasteiger partial charge in [-0.2, -0.15) is 0 Å². The topological polar surface area (TPSA) is 94.1 Å². The van der Waals surface area contributed by atoms with Gasteiger partial charge in [-0.25, -0.2) is 0 Å². The van der Waals surface area contributed by atoms with E-state index in [-0.39, 0.29) is 25.8 Å². The number of phosphoric acid groups is 1. The molecule has 2 atom stereocenters. The van der Waals surface area contributed by atoms with E-state index in [1.165, 1.54) is 44.9 Å². The number of esters is 1. The van der Waals surface area contributed by atoms with Crippen LogP contribution in [0.1, 0.15) is 174 Å².